The van der Waals surface area contributed by atoms with E-state index in [9.17, 15) is 8.78 Å². The zero-order valence-electron chi connectivity index (χ0n) is 6.68. The maximum absolute atomic E-state index is 13.3. The van der Waals surface area contributed by atoms with Crippen LogP contribution >= 0.6 is 15.9 Å². The van der Waals surface area contributed by atoms with Gasteiger partial charge in [-0.2, -0.15) is 0 Å². The first-order valence-electron chi connectivity index (χ1n) is 3.56. The summed E-state index contributed by atoms with van der Waals surface area (Å²) in [5, 5.41) is 0. The van der Waals surface area contributed by atoms with Gasteiger partial charge in [-0.3, -0.25) is 0 Å². The van der Waals surface area contributed by atoms with Crippen LogP contribution < -0.4 is 0 Å². The minimum Gasteiger partial charge on any atom is -0.331 e. The van der Waals surface area contributed by atoms with Crippen molar-refractivity contribution in [3.05, 3.63) is 28.5 Å². The van der Waals surface area contributed by atoms with Crippen LogP contribution in [0.2, 0.25) is 0 Å². The molecule has 0 spiro atoms. The number of imidazole rings is 1. The number of benzene rings is 1. The summed E-state index contributed by atoms with van der Waals surface area (Å²) in [5.74, 6) is -1.75. The van der Waals surface area contributed by atoms with Crippen LogP contribution in [0.25, 0.3) is 11.0 Å². The lowest BCUT2D eigenvalue weighted by Crippen LogP contribution is -1.92. The molecule has 5 heteroatoms. The summed E-state index contributed by atoms with van der Waals surface area (Å²) in [6.07, 6.45) is 1.44. The molecule has 2 rings (SSSR count). The molecule has 2 nitrogen and oxygen atoms in total. The second-order valence-corrected chi connectivity index (χ2v) is 3.56. The van der Waals surface area contributed by atoms with Gasteiger partial charge in [-0.1, -0.05) is 0 Å². The van der Waals surface area contributed by atoms with Crippen molar-refractivity contribution >= 4 is 27.0 Å². The second-order valence-electron chi connectivity index (χ2n) is 2.71. The number of aromatic nitrogens is 2. The predicted octanol–water partition coefficient (Wildman–Crippen LogP) is 2.61. The first kappa shape index (κ1) is 8.62. The van der Waals surface area contributed by atoms with Crippen LogP contribution in [-0.2, 0) is 7.05 Å². The van der Waals surface area contributed by atoms with Crippen molar-refractivity contribution in [1.82, 2.24) is 9.55 Å². The number of halogens is 3. The van der Waals surface area contributed by atoms with Crippen molar-refractivity contribution in [3.63, 3.8) is 0 Å². The summed E-state index contributed by atoms with van der Waals surface area (Å²) in [6.45, 7) is 0. The van der Waals surface area contributed by atoms with E-state index in [2.05, 4.69) is 20.9 Å². The lowest BCUT2D eigenvalue weighted by atomic mass is 10.3. The summed E-state index contributed by atoms with van der Waals surface area (Å²) in [7, 11) is 1.62. The zero-order chi connectivity index (χ0) is 9.59. The first-order chi connectivity index (χ1) is 6.11. The molecule has 0 bridgehead atoms. The SMILES string of the molecule is Cn1cnc2cc(Br)c(F)c(F)c21. The predicted molar refractivity (Wildman–Crippen MR) is 48.3 cm³/mol. The third kappa shape index (κ3) is 1.14. The average Bonchev–Trinajstić information content (AvgIpc) is 2.43. The van der Waals surface area contributed by atoms with Crippen molar-refractivity contribution in [3.8, 4) is 0 Å². The quantitative estimate of drug-likeness (QED) is 0.654. The Hall–Kier alpha value is -0.970. The summed E-state index contributed by atoms with van der Waals surface area (Å²) < 4.78 is 27.9. The minimum atomic E-state index is -0.879. The Morgan fingerprint density at radius 3 is 2.77 bits per heavy atom. The molecule has 1 aromatic carbocycles. The van der Waals surface area contributed by atoms with Gasteiger partial charge in [0.05, 0.1) is 16.3 Å². The molecule has 0 radical (unpaired) electrons. The average molecular weight is 247 g/mol. The van der Waals surface area contributed by atoms with Gasteiger partial charge in [-0.05, 0) is 22.0 Å². The lowest BCUT2D eigenvalue weighted by Gasteiger charge is -1.99. The molecule has 13 heavy (non-hydrogen) atoms. The Balaban J connectivity index is 2.97. The molecule has 0 unspecified atom stereocenters. The molecular formula is C8H5BrF2N2. The molecule has 0 aliphatic rings. The van der Waals surface area contributed by atoms with E-state index in [4.69, 9.17) is 0 Å². The number of fused-ring (bicyclic) bond motifs is 1. The number of hydrogen-bond acceptors (Lipinski definition) is 1. The molecule has 0 amide bonds. The first-order valence-corrected chi connectivity index (χ1v) is 4.35. The fraction of sp³-hybridized carbons (Fsp3) is 0.125. The number of hydrogen-bond donors (Lipinski definition) is 0. The van der Waals surface area contributed by atoms with E-state index in [1.807, 2.05) is 0 Å². The van der Waals surface area contributed by atoms with Crippen molar-refractivity contribution in [2.45, 2.75) is 0 Å². The third-order valence-electron chi connectivity index (χ3n) is 1.84. The van der Waals surface area contributed by atoms with Crippen LogP contribution in [0.3, 0.4) is 0 Å². The third-order valence-corrected chi connectivity index (χ3v) is 2.42. The highest BCUT2D eigenvalue weighted by atomic mass is 79.9. The highest BCUT2D eigenvalue weighted by molar-refractivity contribution is 9.10. The number of nitrogens with zero attached hydrogens (tertiary/aromatic N) is 2. The number of rotatable bonds is 0. The summed E-state index contributed by atoms with van der Waals surface area (Å²) >= 11 is 2.91. The van der Waals surface area contributed by atoms with E-state index in [1.54, 1.807) is 7.05 Å². The van der Waals surface area contributed by atoms with Gasteiger partial charge in [0, 0.05) is 7.05 Å². The standard InChI is InChI=1S/C8H5BrF2N2/c1-13-3-12-5-2-4(9)6(10)7(11)8(5)13/h2-3H,1H3. The van der Waals surface area contributed by atoms with Crippen LogP contribution in [0.4, 0.5) is 8.78 Å². The maximum Gasteiger partial charge on any atom is 0.185 e. The van der Waals surface area contributed by atoms with E-state index < -0.39 is 11.6 Å². The molecule has 0 atom stereocenters. The second kappa shape index (κ2) is 2.77. The Kier molecular flexibility index (Phi) is 1.83. The fourth-order valence-electron chi connectivity index (χ4n) is 1.21. The van der Waals surface area contributed by atoms with Gasteiger partial charge in [-0.15, -0.1) is 0 Å². The van der Waals surface area contributed by atoms with Gasteiger partial charge in [0.25, 0.3) is 0 Å². The highest BCUT2D eigenvalue weighted by Gasteiger charge is 2.14. The van der Waals surface area contributed by atoms with Gasteiger partial charge in [0.2, 0.25) is 0 Å². The van der Waals surface area contributed by atoms with Gasteiger partial charge in [-0.25, -0.2) is 13.8 Å². The molecule has 68 valence electrons. The van der Waals surface area contributed by atoms with Crippen LogP contribution in [0.5, 0.6) is 0 Å². The Morgan fingerprint density at radius 1 is 1.38 bits per heavy atom. The number of aryl methyl sites for hydroxylation is 1. The largest absolute Gasteiger partial charge is 0.331 e. The molecule has 0 saturated heterocycles. The monoisotopic (exact) mass is 246 g/mol. The van der Waals surface area contributed by atoms with E-state index in [0.29, 0.717) is 5.52 Å². The zero-order valence-corrected chi connectivity index (χ0v) is 8.27. The Labute approximate surface area is 81.3 Å². The smallest absolute Gasteiger partial charge is 0.185 e. The van der Waals surface area contributed by atoms with E-state index in [0.717, 1.165) is 0 Å². The van der Waals surface area contributed by atoms with Crippen LogP contribution in [0, 0.1) is 11.6 Å². The molecule has 2 aromatic rings. The molecule has 0 aliphatic heterocycles. The summed E-state index contributed by atoms with van der Waals surface area (Å²) in [4.78, 5) is 3.91. The Bertz CT molecular complexity index is 478. The van der Waals surface area contributed by atoms with Gasteiger partial charge in [0.1, 0.15) is 5.52 Å². The normalized spacial score (nSPS) is 11.1. The van der Waals surface area contributed by atoms with E-state index in [1.165, 1.54) is 17.0 Å². The Morgan fingerprint density at radius 2 is 2.08 bits per heavy atom. The lowest BCUT2D eigenvalue weighted by molar-refractivity contribution is 0.509. The molecule has 0 saturated carbocycles. The van der Waals surface area contributed by atoms with Crippen LogP contribution in [-0.4, -0.2) is 9.55 Å². The van der Waals surface area contributed by atoms with Gasteiger partial charge < -0.3 is 4.57 Å². The van der Waals surface area contributed by atoms with Crippen LogP contribution in [0.1, 0.15) is 0 Å². The molecular weight excluding hydrogens is 242 g/mol. The summed E-state index contributed by atoms with van der Waals surface area (Å²) in [6, 6.07) is 1.45. The van der Waals surface area contributed by atoms with Gasteiger partial charge in [0.15, 0.2) is 11.6 Å². The van der Waals surface area contributed by atoms with Gasteiger partial charge >= 0.3 is 0 Å². The van der Waals surface area contributed by atoms with Crippen molar-refractivity contribution in [2.75, 3.05) is 0 Å². The minimum absolute atomic E-state index is 0.0937. The van der Waals surface area contributed by atoms with E-state index in [-0.39, 0.29) is 9.99 Å². The van der Waals surface area contributed by atoms with E-state index >= 15 is 0 Å². The fourth-order valence-corrected chi connectivity index (χ4v) is 1.60. The van der Waals surface area contributed by atoms with Crippen molar-refractivity contribution < 1.29 is 8.78 Å². The topological polar surface area (TPSA) is 17.8 Å². The molecule has 0 fully saturated rings. The highest BCUT2D eigenvalue weighted by Crippen LogP contribution is 2.25. The molecule has 0 N–H and O–H groups in total. The van der Waals surface area contributed by atoms with Crippen molar-refractivity contribution in [2.24, 2.45) is 7.05 Å². The molecule has 0 aliphatic carbocycles. The van der Waals surface area contributed by atoms with Crippen LogP contribution in [0.15, 0.2) is 16.9 Å². The molecule has 1 aromatic heterocycles. The summed E-state index contributed by atoms with van der Waals surface area (Å²) in [5.41, 5.74) is 0.619. The molecule has 1 heterocycles. The maximum atomic E-state index is 13.3. The van der Waals surface area contributed by atoms with Crippen molar-refractivity contribution in [1.29, 1.82) is 0 Å².